The van der Waals surface area contributed by atoms with Gasteiger partial charge in [0.2, 0.25) is 10.0 Å². The van der Waals surface area contributed by atoms with Gasteiger partial charge in [-0.1, -0.05) is 32.0 Å². The molecule has 1 N–H and O–H groups in total. The van der Waals surface area contributed by atoms with Crippen molar-refractivity contribution in [3.05, 3.63) is 53.6 Å². The maximum atomic E-state index is 13.1. The summed E-state index contributed by atoms with van der Waals surface area (Å²) in [6, 6.07) is 11.9. The van der Waals surface area contributed by atoms with Gasteiger partial charge in [-0.3, -0.25) is 4.79 Å². The summed E-state index contributed by atoms with van der Waals surface area (Å²) in [5, 5.41) is 2.86. The van der Waals surface area contributed by atoms with Gasteiger partial charge in [0, 0.05) is 32.6 Å². The Kier molecular flexibility index (Phi) is 6.71. The van der Waals surface area contributed by atoms with E-state index in [1.807, 2.05) is 12.1 Å². The largest absolute Gasteiger partial charge is 0.448 e. The molecule has 8 nitrogen and oxygen atoms in total. The van der Waals surface area contributed by atoms with E-state index >= 15 is 0 Å². The molecular weight excluding hydrogens is 442 g/mol. The van der Waals surface area contributed by atoms with Crippen LogP contribution in [0.25, 0.3) is 0 Å². The molecule has 0 aromatic heterocycles. The number of anilines is 2. The molecule has 1 unspecified atom stereocenters. The molecule has 0 bridgehead atoms. The van der Waals surface area contributed by atoms with Gasteiger partial charge in [0.05, 0.1) is 21.8 Å². The SMILES string of the molecule is CCN(CC)S(=O)(=O)c1ccc(N2CCCC2)c(NC(=O)C2Cc3ccccc3C(=O)O2)c1. The number of cyclic esters (lactones) is 1. The normalized spacial score (nSPS) is 18.2. The van der Waals surface area contributed by atoms with Gasteiger partial charge in [-0.05, 0) is 42.7 Å². The van der Waals surface area contributed by atoms with Gasteiger partial charge in [0.15, 0.2) is 6.10 Å². The number of ether oxygens (including phenoxy) is 1. The van der Waals surface area contributed by atoms with Gasteiger partial charge in [-0.25, -0.2) is 13.2 Å². The molecule has 176 valence electrons. The Hall–Kier alpha value is -2.91. The molecule has 1 fully saturated rings. The number of rotatable bonds is 7. The Balaban J connectivity index is 1.65. The molecule has 2 aromatic rings. The fraction of sp³-hybridized carbons (Fsp3) is 0.417. The van der Waals surface area contributed by atoms with Crippen LogP contribution < -0.4 is 10.2 Å². The van der Waals surface area contributed by atoms with Crippen molar-refractivity contribution in [1.29, 1.82) is 0 Å². The lowest BCUT2D eigenvalue weighted by Gasteiger charge is -2.26. The Morgan fingerprint density at radius 1 is 1.12 bits per heavy atom. The van der Waals surface area contributed by atoms with Crippen molar-refractivity contribution in [2.75, 3.05) is 36.4 Å². The highest BCUT2D eigenvalue weighted by Gasteiger charge is 2.32. The summed E-state index contributed by atoms with van der Waals surface area (Å²) in [6.45, 7) is 5.94. The monoisotopic (exact) mass is 471 g/mol. The summed E-state index contributed by atoms with van der Waals surface area (Å²) in [5.41, 5.74) is 2.39. The standard InChI is InChI=1S/C24H29N3O5S/c1-3-27(4-2)33(30,31)18-11-12-21(26-13-7-8-14-26)20(16-18)25-23(28)22-15-17-9-5-6-10-19(17)24(29)32-22/h5-6,9-12,16,22H,3-4,7-8,13-15H2,1-2H3,(H,25,28). The number of hydrogen-bond acceptors (Lipinski definition) is 6. The van der Waals surface area contributed by atoms with Crippen molar-refractivity contribution in [2.24, 2.45) is 0 Å². The highest BCUT2D eigenvalue weighted by molar-refractivity contribution is 7.89. The van der Waals surface area contributed by atoms with Crippen LogP contribution in [0.4, 0.5) is 11.4 Å². The van der Waals surface area contributed by atoms with Crippen LogP contribution in [0.5, 0.6) is 0 Å². The lowest BCUT2D eigenvalue weighted by Crippen LogP contribution is -2.38. The average molecular weight is 472 g/mol. The topological polar surface area (TPSA) is 96.0 Å². The van der Waals surface area contributed by atoms with Gasteiger partial charge in [-0.2, -0.15) is 4.31 Å². The van der Waals surface area contributed by atoms with Gasteiger partial charge in [0.1, 0.15) is 0 Å². The molecule has 2 aliphatic heterocycles. The molecule has 0 aliphatic carbocycles. The summed E-state index contributed by atoms with van der Waals surface area (Å²) < 4.78 is 32.9. The third-order valence-electron chi connectivity index (χ3n) is 6.20. The highest BCUT2D eigenvalue weighted by Crippen LogP contribution is 2.33. The van der Waals surface area contributed by atoms with Crippen molar-refractivity contribution in [3.63, 3.8) is 0 Å². The highest BCUT2D eigenvalue weighted by atomic mass is 32.2. The van der Waals surface area contributed by atoms with Crippen molar-refractivity contribution in [3.8, 4) is 0 Å². The molecule has 0 spiro atoms. The van der Waals surface area contributed by atoms with E-state index in [4.69, 9.17) is 4.74 Å². The van der Waals surface area contributed by atoms with Crippen LogP contribution in [0.3, 0.4) is 0 Å². The first-order valence-electron chi connectivity index (χ1n) is 11.3. The number of nitrogens with zero attached hydrogens (tertiary/aromatic N) is 2. The van der Waals surface area contributed by atoms with Gasteiger partial charge >= 0.3 is 5.97 Å². The predicted molar refractivity (Wildman–Crippen MR) is 126 cm³/mol. The molecule has 4 rings (SSSR count). The van der Waals surface area contributed by atoms with E-state index in [0.29, 0.717) is 24.3 Å². The molecular formula is C24H29N3O5S. The zero-order chi connectivity index (χ0) is 23.6. The second-order valence-corrected chi connectivity index (χ2v) is 10.1. The quantitative estimate of drug-likeness (QED) is 0.624. The first-order chi connectivity index (χ1) is 15.8. The summed E-state index contributed by atoms with van der Waals surface area (Å²) >= 11 is 0. The summed E-state index contributed by atoms with van der Waals surface area (Å²) in [7, 11) is -3.70. The Morgan fingerprint density at radius 3 is 2.52 bits per heavy atom. The molecule has 2 aliphatic rings. The van der Waals surface area contributed by atoms with E-state index in [0.717, 1.165) is 37.2 Å². The minimum atomic E-state index is -3.70. The second kappa shape index (κ2) is 9.52. The third kappa shape index (κ3) is 4.60. The molecule has 2 aromatic carbocycles. The van der Waals surface area contributed by atoms with Crippen LogP contribution in [-0.4, -0.2) is 56.9 Å². The number of fused-ring (bicyclic) bond motifs is 1. The zero-order valence-corrected chi connectivity index (χ0v) is 19.7. The Morgan fingerprint density at radius 2 is 1.82 bits per heavy atom. The number of esters is 1. The first kappa shape index (κ1) is 23.3. The maximum absolute atomic E-state index is 13.1. The van der Waals surface area contributed by atoms with E-state index < -0.39 is 28.0 Å². The van der Waals surface area contributed by atoms with Gasteiger partial charge in [0.25, 0.3) is 5.91 Å². The minimum Gasteiger partial charge on any atom is -0.448 e. The van der Waals surface area contributed by atoms with Crippen molar-refractivity contribution in [2.45, 2.75) is 44.1 Å². The summed E-state index contributed by atoms with van der Waals surface area (Å²) in [4.78, 5) is 27.7. The predicted octanol–water partition coefficient (Wildman–Crippen LogP) is 3.04. The number of nitrogens with one attached hydrogen (secondary N) is 1. The summed E-state index contributed by atoms with van der Waals surface area (Å²) in [5.74, 6) is -1.01. The Bertz CT molecular complexity index is 1150. The van der Waals surface area contributed by atoms with E-state index in [1.165, 1.54) is 10.4 Å². The van der Waals surface area contributed by atoms with Crippen LogP contribution in [0.15, 0.2) is 47.4 Å². The molecule has 33 heavy (non-hydrogen) atoms. The third-order valence-corrected chi connectivity index (χ3v) is 8.25. The molecule has 1 atom stereocenters. The smallest absolute Gasteiger partial charge is 0.339 e. The molecule has 1 amide bonds. The van der Waals surface area contributed by atoms with Gasteiger partial charge < -0.3 is 15.0 Å². The van der Waals surface area contributed by atoms with E-state index in [2.05, 4.69) is 10.2 Å². The summed E-state index contributed by atoms with van der Waals surface area (Å²) in [6.07, 6.45) is 1.35. The number of hydrogen-bond donors (Lipinski definition) is 1. The van der Waals surface area contributed by atoms with E-state index in [1.54, 1.807) is 38.1 Å². The van der Waals surface area contributed by atoms with Crippen molar-refractivity contribution < 1.29 is 22.7 Å². The number of carbonyl (C=O) groups excluding carboxylic acids is 2. The average Bonchev–Trinajstić information content (AvgIpc) is 3.34. The molecule has 1 saturated heterocycles. The van der Waals surface area contributed by atoms with Crippen LogP contribution in [0, 0.1) is 0 Å². The molecule has 0 radical (unpaired) electrons. The van der Waals surface area contributed by atoms with Crippen LogP contribution in [0.2, 0.25) is 0 Å². The lowest BCUT2D eigenvalue weighted by atomic mass is 9.98. The first-order valence-corrected chi connectivity index (χ1v) is 12.8. The lowest BCUT2D eigenvalue weighted by molar-refractivity contribution is -0.125. The molecule has 0 saturated carbocycles. The van der Waals surface area contributed by atoms with Crippen molar-refractivity contribution >= 4 is 33.3 Å². The molecule has 2 heterocycles. The number of amides is 1. The number of carbonyl (C=O) groups is 2. The van der Waals surface area contributed by atoms with Gasteiger partial charge in [-0.15, -0.1) is 0 Å². The number of sulfonamides is 1. The molecule has 9 heteroatoms. The number of benzene rings is 2. The van der Waals surface area contributed by atoms with E-state index in [9.17, 15) is 18.0 Å². The zero-order valence-electron chi connectivity index (χ0n) is 18.9. The van der Waals surface area contributed by atoms with Crippen LogP contribution in [0.1, 0.15) is 42.6 Å². The minimum absolute atomic E-state index is 0.121. The van der Waals surface area contributed by atoms with Crippen molar-refractivity contribution in [1.82, 2.24) is 4.31 Å². The Labute approximate surface area is 194 Å². The van der Waals surface area contributed by atoms with Crippen LogP contribution >= 0.6 is 0 Å². The van der Waals surface area contributed by atoms with Crippen LogP contribution in [-0.2, 0) is 26.0 Å². The fourth-order valence-corrected chi connectivity index (χ4v) is 5.90. The maximum Gasteiger partial charge on any atom is 0.339 e. The fourth-order valence-electron chi connectivity index (χ4n) is 4.41. The second-order valence-electron chi connectivity index (χ2n) is 8.21. The van der Waals surface area contributed by atoms with E-state index in [-0.39, 0.29) is 11.3 Å².